The molecule has 0 aliphatic carbocycles. The molecule has 1 heterocycles. The molecule has 10 heteroatoms. The number of rotatable bonds is 4. The quantitative estimate of drug-likeness (QED) is 0.485. The van der Waals surface area contributed by atoms with Crippen LogP contribution in [-0.2, 0) is 5.75 Å². The minimum absolute atomic E-state index is 0.274. The van der Waals surface area contributed by atoms with Crippen LogP contribution in [0.25, 0.3) is 0 Å². The van der Waals surface area contributed by atoms with Crippen LogP contribution in [0.3, 0.4) is 0 Å². The van der Waals surface area contributed by atoms with Gasteiger partial charge >= 0.3 is 0 Å². The zero-order valence-electron chi connectivity index (χ0n) is 12.6. The van der Waals surface area contributed by atoms with E-state index in [0.717, 1.165) is 36.6 Å². The number of non-ortho nitro benzene ring substituents is 2. The number of hydrogen-bond acceptors (Lipinski definition) is 6. The smallest absolute Gasteiger partial charge is 0.276 e. The van der Waals surface area contributed by atoms with E-state index in [9.17, 15) is 20.2 Å². The van der Waals surface area contributed by atoms with Crippen molar-refractivity contribution in [3.63, 3.8) is 0 Å². The normalized spacial score (nSPS) is 15.4. The van der Waals surface area contributed by atoms with Crippen molar-refractivity contribution < 1.29 is 14.7 Å². The third-order valence-electron chi connectivity index (χ3n) is 3.62. The van der Waals surface area contributed by atoms with E-state index in [-0.39, 0.29) is 11.4 Å². The van der Waals surface area contributed by atoms with Crippen LogP contribution in [-0.4, -0.2) is 52.3 Å². The molecule has 0 aromatic heterocycles. The first-order valence-corrected chi connectivity index (χ1v) is 8.42. The lowest BCUT2D eigenvalue weighted by Crippen LogP contribution is -3.12. The van der Waals surface area contributed by atoms with Crippen molar-refractivity contribution in [3.05, 3.63) is 44.0 Å². The average molecular weight is 357 g/mol. The van der Waals surface area contributed by atoms with E-state index in [0.29, 0.717) is 11.3 Å². The van der Waals surface area contributed by atoms with Crippen molar-refractivity contribution in [2.45, 2.75) is 5.75 Å². The molecule has 23 heavy (non-hydrogen) atoms. The third kappa shape index (κ3) is 4.85. The fourth-order valence-electron chi connectivity index (χ4n) is 2.26. The van der Waals surface area contributed by atoms with E-state index in [1.54, 1.807) is 0 Å². The lowest BCUT2D eigenvalue weighted by atomic mass is 10.2. The summed E-state index contributed by atoms with van der Waals surface area (Å²) in [7, 11) is 2.13. The van der Waals surface area contributed by atoms with Gasteiger partial charge in [-0.25, -0.2) is 0 Å². The van der Waals surface area contributed by atoms with Crippen LogP contribution in [0.4, 0.5) is 11.4 Å². The molecule has 1 saturated heterocycles. The summed E-state index contributed by atoms with van der Waals surface area (Å²) < 4.78 is 0.728. The van der Waals surface area contributed by atoms with Crippen LogP contribution in [0.5, 0.6) is 0 Å². The highest BCUT2D eigenvalue weighted by molar-refractivity contribution is 8.22. The maximum Gasteiger partial charge on any atom is 0.276 e. The van der Waals surface area contributed by atoms with E-state index >= 15 is 0 Å². The second-order valence-electron chi connectivity index (χ2n) is 5.37. The largest absolute Gasteiger partial charge is 0.346 e. The summed E-state index contributed by atoms with van der Waals surface area (Å²) in [5, 5.41) is 21.8. The molecule has 0 atom stereocenters. The van der Waals surface area contributed by atoms with Crippen LogP contribution in [0.1, 0.15) is 5.56 Å². The number of nitrogens with zero attached hydrogens (tertiary/aromatic N) is 3. The molecule has 1 aromatic carbocycles. The van der Waals surface area contributed by atoms with Crippen molar-refractivity contribution in [2.75, 3.05) is 33.2 Å². The number of quaternary nitrogens is 1. The average Bonchev–Trinajstić information content (AvgIpc) is 2.52. The Labute approximate surface area is 142 Å². The summed E-state index contributed by atoms with van der Waals surface area (Å²) in [5.41, 5.74) is -0.0224. The fourth-order valence-corrected chi connectivity index (χ4v) is 3.44. The molecule has 0 unspecified atom stereocenters. The van der Waals surface area contributed by atoms with Crippen molar-refractivity contribution in [1.82, 2.24) is 4.90 Å². The Morgan fingerprint density at radius 2 is 1.74 bits per heavy atom. The molecular weight excluding hydrogens is 340 g/mol. The molecular formula is C13H17N4O4S2+. The number of piperazine rings is 1. The predicted octanol–water partition coefficient (Wildman–Crippen LogP) is 0.851. The first-order valence-electron chi connectivity index (χ1n) is 7.02. The van der Waals surface area contributed by atoms with Crippen molar-refractivity contribution >= 4 is 39.7 Å². The number of hydrogen-bond donors (Lipinski definition) is 1. The number of thiocarbonyl (C=S) groups is 1. The number of nitro benzene ring substituents is 2. The van der Waals surface area contributed by atoms with Gasteiger partial charge in [0.15, 0.2) is 0 Å². The van der Waals surface area contributed by atoms with Crippen LogP contribution in [0.2, 0.25) is 0 Å². The lowest BCUT2D eigenvalue weighted by Gasteiger charge is -2.31. The maximum atomic E-state index is 10.9. The summed E-state index contributed by atoms with van der Waals surface area (Å²) in [6.45, 7) is 3.80. The van der Waals surface area contributed by atoms with E-state index in [4.69, 9.17) is 12.2 Å². The monoisotopic (exact) mass is 357 g/mol. The van der Waals surface area contributed by atoms with E-state index in [2.05, 4.69) is 11.9 Å². The molecule has 2 rings (SSSR count). The topological polar surface area (TPSA) is 94.0 Å². The Hall–Kier alpha value is -1.78. The molecule has 0 amide bonds. The third-order valence-corrected chi connectivity index (χ3v) is 5.22. The molecule has 1 aliphatic rings. The molecule has 1 N–H and O–H groups in total. The lowest BCUT2D eigenvalue weighted by molar-refractivity contribution is -0.883. The minimum Gasteiger partial charge on any atom is -0.346 e. The van der Waals surface area contributed by atoms with Crippen molar-refractivity contribution in [2.24, 2.45) is 0 Å². The first kappa shape index (κ1) is 17.6. The highest BCUT2D eigenvalue weighted by atomic mass is 32.2. The minimum atomic E-state index is -0.622. The standard InChI is InChI=1S/C13H16N4O4S2/c1-14-2-4-15(5-3-14)13(22)23-9-10-6-11(16(18)19)8-12(7-10)17(20)21/h6-8H,2-5,9H2,1H3/p+1. The second kappa shape index (κ2) is 7.66. The van der Waals surface area contributed by atoms with Gasteiger partial charge in [-0.05, 0) is 5.56 Å². The number of thioether (sulfide) groups is 1. The van der Waals surface area contributed by atoms with E-state index in [1.807, 2.05) is 0 Å². The highest BCUT2D eigenvalue weighted by Crippen LogP contribution is 2.26. The molecule has 1 fully saturated rings. The Kier molecular flexibility index (Phi) is 5.85. The highest BCUT2D eigenvalue weighted by Gasteiger charge is 2.20. The van der Waals surface area contributed by atoms with Crippen LogP contribution < -0.4 is 4.90 Å². The van der Waals surface area contributed by atoms with Crippen LogP contribution >= 0.6 is 24.0 Å². The molecule has 0 spiro atoms. The number of likely N-dealkylation sites (N-methyl/N-ethyl adjacent to an activating group) is 1. The molecule has 8 nitrogen and oxygen atoms in total. The number of nitrogens with one attached hydrogen (secondary N) is 1. The summed E-state index contributed by atoms with van der Waals surface area (Å²) in [4.78, 5) is 24.1. The van der Waals surface area contributed by atoms with Gasteiger partial charge in [0, 0.05) is 17.9 Å². The Morgan fingerprint density at radius 1 is 1.22 bits per heavy atom. The first-order chi connectivity index (χ1) is 10.9. The maximum absolute atomic E-state index is 10.9. The molecule has 1 aromatic rings. The van der Waals surface area contributed by atoms with Gasteiger partial charge in [0.2, 0.25) is 0 Å². The van der Waals surface area contributed by atoms with Crippen molar-refractivity contribution in [1.29, 1.82) is 0 Å². The summed E-state index contributed by atoms with van der Waals surface area (Å²) >= 11 is 6.77. The van der Waals surface area contributed by atoms with Gasteiger partial charge in [0.1, 0.15) is 4.32 Å². The number of benzene rings is 1. The molecule has 124 valence electrons. The van der Waals surface area contributed by atoms with Gasteiger partial charge in [-0.15, -0.1) is 0 Å². The van der Waals surface area contributed by atoms with Crippen molar-refractivity contribution in [3.8, 4) is 0 Å². The number of nitro groups is 2. The van der Waals surface area contributed by atoms with Crippen LogP contribution in [0.15, 0.2) is 18.2 Å². The zero-order valence-corrected chi connectivity index (χ0v) is 14.2. The zero-order chi connectivity index (χ0) is 17.0. The van der Waals surface area contributed by atoms with Gasteiger partial charge in [0.25, 0.3) is 11.4 Å². The van der Waals surface area contributed by atoms with E-state index < -0.39 is 9.85 Å². The van der Waals surface area contributed by atoms with Gasteiger partial charge < -0.3 is 9.80 Å². The summed E-state index contributed by atoms with van der Waals surface area (Å²) in [6, 6.07) is 3.68. The van der Waals surface area contributed by atoms with Crippen LogP contribution in [0, 0.1) is 20.2 Å². The summed E-state index contributed by atoms with van der Waals surface area (Å²) in [6.07, 6.45) is 0. The Morgan fingerprint density at radius 3 is 2.22 bits per heavy atom. The SMILES string of the molecule is C[NH+]1CCN(C(=S)SCc2cc([N+](=O)[O-])cc([N+](=O)[O-])c2)CC1. The Balaban J connectivity index is 2.03. The Bertz CT molecular complexity index is 600. The van der Waals surface area contributed by atoms with Gasteiger partial charge in [0.05, 0.1) is 49.1 Å². The second-order valence-corrected chi connectivity index (χ2v) is 6.98. The van der Waals surface area contributed by atoms with Gasteiger partial charge in [-0.3, -0.25) is 20.2 Å². The summed E-state index contributed by atoms with van der Waals surface area (Å²) in [5.74, 6) is 0.376. The van der Waals surface area contributed by atoms with Gasteiger partial charge in [-0.1, -0.05) is 24.0 Å². The van der Waals surface area contributed by atoms with E-state index in [1.165, 1.54) is 28.8 Å². The predicted molar refractivity (Wildman–Crippen MR) is 91.8 cm³/mol. The molecule has 1 aliphatic heterocycles. The molecule has 0 radical (unpaired) electrons. The fraction of sp³-hybridized carbons (Fsp3) is 0.462. The van der Waals surface area contributed by atoms with Gasteiger partial charge in [-0.2, -0.15) is 0 Å². The molecule has 0 saturated carbocycles. The molecule has 0 bridgehead atoms.